The number of fused-ring (bicyclic) bond motifs is 2. The minimum atomic E-state index is -3.12. The van der Waals surface area contributed by atoms with Gasteiger partial charge in [-0.2, -0.15) is 4.98 Å². The standard InChI is InChI=1S/C24H25F4N7O2/c1-36-22-21-16(14-2-3-17-18(8-14)34(13-29-17)9-20(25)26)4-7-35(21)32-23(31-22)30-19-5-6-33(12-24(19,27)28)15-10-37-11-15/h2-4,7-8,13,15,19-20H,5-6,9-12H2,1H3,(H,30,32)/t19-/m1/s1/i15D. The number of methoxy groups -OCH3 is 1. The van der Waals surface area contributed by atoms with Crippen LogP contribution >= 0.6 is 0 Å². The van der Waals surface area contributed by atoms with Gasteiger partial charge in [-0.15, -0.1) is 5.10 Å². The Morgan fingerprint density at radius 1 is 1.30 bits per heavy atom. The average Bonchev–Trinajstić information content (AvgIpc) is 3.46. The molecular formula is C24H25F4N7O2. The maximum Gasteiger partial charge on any atom is 0.280 e. The Bertz CT molecular complexity index is 1490. The Morgan fingerprint density at radius 3 is 2.84 bits per heavy atom. The summed E-state index contributed by atoms with van der Waals surface area (Å²) in [6.45, 7) is -0.476. The maximum absolute atomic E-state index is 15.1. The van der Waals surface area contributed by atoms with E-state index in [1.807, 2.05) is 6.07 Å². The van der Waals surface area contributed by atoms with Gasteiger partial charge in [-0.3, -0.25) is 4.90 Å². The average molecular weight is 521 g/mol. The molecule has 9 nitrogen and oxygen atoms in total. The number of ether oxygens (including phenoxy) is 2. The van der Waals surface area contributed by atoms with Crippen LogP contribution in [0, 0.1) is 0 Å². The summed E-state index contributed by atoms with van der Waals surface area (Å²) in [7, 11) is 1.42. The molecule has 1 atom stereocenters. The first kappa shape index (κ1) is 22.7. The van der Waals surface area contributed by atoms with Gasteiger partial charge in [0, 0.05) is 18.3 Å². The summed E-state index contributed by atoms with van der Waals surface area (Å²) in [4.78, 5) is 10.00. The summed E-state index contributed by atoms with van der Waals surface area (Å²) in [6.07, 6.45) is 0.609. The first-order valence-electron chi connectivity index (χ1n) is 12.3. The van der Waals surface area contributed by atoms with Crippen molar-refractivity contribution in [3.05, 3.63) is 36.8 Å². The molecule has 5 heterocycles. The van der Waals surface area contributed by atoms with Gasteiger partial charge in [0.05, 0.1) is 64.2 Å². The molecule has 0 saturated carbocycles. The number of benzene rings is 1. The monoisotopic (exact) mass is 520 g/mol. The molecule has 3 aromatic heterocycles. The zero-order valence-corrected chi connectivity index (χ0v) is 19.9. The molecule has 1 N–H and O–H groups in total. The van der Waals surface area contributed by atoms with Crippen LogP contribution in [0.2, 0.25) is 0 Å². The molecule has 0 spiro atoms. The lowest BCUT2D eigenvalue weighted by atomic mass is 9.98. The lowest BCUT2D eigenvalue weighted by Gasteiger charge is -2.44. The van der Waals surface area contributed by atoms with E-state index in [-0.39, 0.29) is 31.5 Å². The zero-order chi connectivity index (χ0) is 26.7. The van der Waals surface area contributed by atoms with Gasteiger partial charge in [-0.05, 0) is 30.2 Å². The van der Waals surface area contributed by atoms with Gasteiger partial charge in [0.25, 0.3) is 12.3 Å². The van der Waals surface area contributed by atoms with Crippen LogP contribution in [0.4, 0.5) is 23.5 Å². The van der Waals surface area contributed by atoms with Crippen molar-refractivity contribution in [1.82, 2.24) is 29.0 Å². The minimum absolute atomic E-state index is 0.0207. The van der Waals surface area contributed by atoms with Gasteiger partial charge < -0.3 is 19.4 Å². The predicted molar refractivity (Wildman–Crippen MR) is 127 cm³/mol. The molecule has 13 heteroatoms. The van der Waals surface area contributed by atoms with E-state index in [0.717, 1.165) is 0 Å². The van der Waals surface area contributed by atoms with E-state index in [4.69, 9.17) is 10.8 Å². The van der Waals surface area contributed by atoms with E-state index >= 15 is 8.78 Å². The van der Waals surface area contributed by atoms with Crippen molar-refractivity contribution >= 4 is 22.5 Å². The second kappa shape index (κ2) is 9.14. The summed E-state index contributed by atoms with van der Waals surface area (Å²) < 4.78 is 77.8. The van der Waals surface area contributed by atoms with Gasteiger partial charge in [-0.1, -0.05) is 6.07 Å². The van der Waals surface area contributed by atoms with Crippen LogP contribution < -0.4 is 10.1 Å². The first-order valence-corrected chi connectivity index (χ1v) is 11.8. The molecule has 0 radical (unpaired) electrons. The fourth-order valence-electron chi connectivity index (χ4n) is 4.87. The molecule has 2 fully saturated rings. The third kappa shape index (κ3) is 4.35. The molecule has 6 rings (SSSR count). The largest absolute Gasteiger partial charge is 0.479 e. The highest BCUT2D eigenvalue weighted by Crippen LogP contribution is 2.35. The number of halogens is 4. The molecule has 0 bridgehead atoms. The van der Waals surface area contributed by atoms with Crippen molar-refractivity contribution in [3.63, 3.8) is 0 Å². The van der Waals surface area contributed by atoms with Gasteiger partial charge in [0.1, 0.15) is 5.52 Å². The van der Waals surface area contributed by atoms with E-state index in [1.165, 1.54) is 27.4 Å². The van der Waals surface area contributed by atoms with Gasteiger partial charge in [0.15, 0.2) is 0 Å². The summed E-state index contributed by atoms with van der Waals surface area (Å²) in [5, 5.41) is 7.15. The van der Waals surface area contributed by atoms with E-state index in [9.17, 15) is 8.78 Å². The molecule has 0 amide bonds. The van der Waals surface area contributed by atoms with E-state index in [2.05, 4.69) is 20.4 Å². The van der Waals surface area contributed by atoms with Crippen LogP contribution in [0.25, 0.3) is 27.7 Å². The third-order valence-electron chi connectivity index (χ3n) is 6.83. The Kier molecular flexibility index (Phi) is 5.61. The molecule has 1 aromatic carbocycles. The number of anilines is 1. The second-order valence-electron chi connectivity index (χ2n) is 9.19. The predicted octanol–water partition coefficient (Wildman–Crippen LogP) is 3.54. The second-order valence-corrected chi connectivity index (χ2v) is 9.19. The topological polar surface area (TPSA) is 81.7 Å². The molecular weight excluding hydrogens is 494 g/mol. The van der Waals surface area contributed by atoms with Crippen LogP contribution in [0.1, 0.15) is 7.79 Å². The molecule has 37 heavy (non-hydrogen) atoms. The summed E-state index contributed by atoms with van der Waals surface area (Å²) >= 11 is 0. The van der Waals surface area contributed by atoms with Gasteiger partial charge >= 0.3 is 0 Å². The molecule has 2 saturated heterocycles. The highest BCUT2D eigenvalue weighted by molar-refractivity contribution is 5.89. The van der Waals surface area contributed by atoms with Crippen LogP contribution in [0.15, 0.2) is 36.8 Å². The minimum Gasteiger partial charge on any atom is -0.479 e. The number of aromatic nitrogens is 5. The number of nitrogens with one attached hydrogen (secondary N) is 1. The third-order valence-corrected chi connectivity index (χ3v) is 6.83. The molecule has 2 aliphatic heterocycles. The fourth-order valence-corrected chi connectivity index (χ4v) is 4.87. The van der Waals surface area contributed by atoms with Crippen LogP contribution in [-0.4, -0.2) is 86.9 Å². The van der Waals surface area contributed by atoms with Crippen molar-refractivity contribution in [1.29, 1.82) is 0 Å². The lowest BCUT2D eigenvalue weighted by Crippen LogP contribution is -2.61. The summed E-state index contributed by atoms with van der Waals surface area (Å²) in [5.41, 5.74) is 3.03. The van der Waals surface area contributed by atoms with E-state index < -0.39 is 37.5 Å². The number of hydrogen-bond donors (Lipinski definition) is 1. The number of hydrogen-bond acceptors (Lipinski definition) is 7. The normalized spacial score (nSPS) is 21.8. The van der Waals surface area contributed by atoms with E-state index in [1.54, 1.807) is 24.4 Å². The highest BCUT2D eigenvalue weighted by atomic mass is 19.3. The van der Waals surface area contributed by atoms with Crippen molar-refractivity contribution in [2.24, 2.45) is 0 Å². The smallest absolute Gasteiger partial charge is 0.280 e. The Balaban J connectivity index is 1.29. The van der Waals surface area contributed by atoms with Crippen molar-refractivity contribution < 1.29 is 28.4 Å². The summed E-state index contributed by atoms with van der Waals surface area (Å²) in [5.74, 6) is -2.97. The zero-order valence-electron chi connectivity index (χ0n) is 20.9. The molecule has 196 valence electrons. The molecule has 0 unspecified atom stereocenters. The van der Waals surface area contributed by atoms with Crippen LogP contribution in [-0.2, 0) is 11.3 Å². The number of imidazole rings is 1. The maximum atomic E-state index is 15.1. The lowest BCUT2D eigenvalue weighted by molar-refractivity contribution is -0.131. The number of rotatable bonds is 7. The first-order chi connectivity index (χ1) is 18.2. The molecule has 2 aliphatic rings. The van der Waals surface area contributed by atoms with E-state index in [0.29, 0.717) is 34.2 Å². The van der Waals surface area contributed by atoms with Crippen LogP contribution in [0.5, 0.6) is 5.88 Å². The number of likely N-dealkylation sites (tertiary alicyclic amines) is 1. The molecule has 0 aliphatic carbocycles. The Labute approximate surface area is 210 Å². The molecule has 4 aromatic rings. The Morgan fingerprint density at radius 2 is 2.14 bits per heavy atom. The SMILES string of the molecule is [2H]C1(N2CC[C@@H](Nc3nc(OC)c4c(-c5ccc6ncn(CC(F)F)c6c5)ccn4n3)C(F)(F)C2)COC1. The van der Waals surface area contributed by atoms with Gasteiger partial charge in [0.2, 0.25) is 11.8 Å². The van der Waals surface area contributed by atoms with Gasteiger partial charge in [-0.25, -0.2) is 27.1 Å². The Hall–Kier alpha value is -3.45. The van der Waals surface area contributed by atoms with Crippen LogP contribution in [0.3, 0.4) is 0 Å². The fraction of sp³-hybridized carbons (Fsp3) is 0.458. The number of piperidine rings is 1. The quantitative estimate of drug-likeness (QED) is 0.374. The number of alkyl halides is 4. The number of nitrogens with zero attached hydrogens (tertiary/aromatic N) is 6. The van der Waals surface area contributed by atoms with Crippen molar-refractivity contribution in [3.8, 4) is 17.0 Å². The summed E-state index contributed by atoms with van der Waals surface area (Å²) in [6, 6.07) is 4.75. The highest BCUT2D eigenvalue weighted by Gasteiger charge is 2.47. The van der Waals surface area contributed by atoms with Crippen molar-refractivity contribution in [2.75, 3.05) is 38.7 Å². The van der Waals surface area contributed by atoms with Crippen molar-refractivity contribution in [2.45, 2.75) is 37.4 Å².